The molecule has 0 fully saturated rings. The summed E-state index contributed by atoms with van der Waals surface area (Å²) < 4.78 is 0. The summed E-state index contributed by atoms with van der Waals surface area (Å²) >= 11 is 0. The van der Waals surface area contributed by atoms with E-state index >= 15 is 0 Å². The Morgan fingerprint density at radius 3 is 1.97 bits per heavy atom. The fourth-order valence-electron chi connectivity index (χ4n) is 3.71. The zero-order valence-electron chi connectivity index (χ0n) is 26.1. The fourth-order valence-corrected chi connectivity index (χ4v) is 3.71. The van der Waals surface area contributed by atoms with Crippen LogP contribution in [-0.2, 0) is 11.3 Å². The first kappa shape index (κ1) is 39.7. The summed E-state index contributed by atoms with van der Waals surface area (Å²) in [6.45, 7) is 24.8. The highest BCUT2D eigenvalue weighted by molar-refractivity contribution is 5.63. The van der Waals surface area contributed by atoms with E-state index in [9.17, 15) is 9.90 Å². The van der Waals surface area contributed by atoms with Crippen LogP contribution >= 0.6 is 0 Å². The summed E-state index contributed by atoms with van der Waals surface area (Å²) in [6, 6.07) is 5.59. The lowest BCUT2D eigenvalue weighted by Gasteiger charge is -2.23. The molecule has 6 heteroatoms. The van der Waals surface area contributed by atoms with Gasteiger partial charge in [0.15, 0.2) is 0 Å². The molecular weight excluding hydrogens is 460 g/mol. The molecule has 0 heterocycles. The first-order chi connectivity index (χ1) is 17.5. The summed E-state index contributed by atoms with van der Waals surface area (Å²) in [7, 11) is 1.82. The number of hydrogen-bond donors (Lipinski definition) is 5. The van der Waals surface area contributed by atoms with E-state index in [1.54, 1.807) is 13.0 Å². The largest absolute Gasteiger partial charge is 0.508 e. The van der Waals surface area contributed by atoms with Gasteiger partial charge in [0.1, 0.15) is 12.0 Å². The van der Waals surface area contributed by atoms with Gasteiger partial charge in [0.2, 0.25) is 0 Å². The molecule has 0 saturated carbocycles. The number of phenolic OH excluding ortho intramolecular Hbond substituents is 1. The van der Waals surface area contributed by atoms with Crippen molar-refractivity contribution in [3.05, 3.63) is 29.3 Å². The maximum absolute atomic E-state index is 10.5. The molecule has 1 aromatic rings. The van der Waals surface area contributed by atoms with Gasteiger partial charge in [0, 0.05) is 6.54 Å². The predicted octanol–water partition coefficient (Wildman–Crippen LogP) is 6.73. The van der Waals surface area contributed by atoms with Crippen LogP contribution in [0.5, 0.6) is 5.75 Å². The van der Waals surface area contributed by atoms with Crippen LogP contribution in [0.25, 0.3) is 0 Å². The highest BCUT2D eigenvalue weighted by atomic mass is 16.3. The van der Waals surface area contributed by atoms with Gasteiger partial charge in [-0.05, 0) is 114 Å². The van der Waals surface area contributed by atoms with Gasteiger partial charge in [-0.15, -0.1) is 0 Å². The third kappa shape index (κ3) is 24.3. The van der Waals surface area contributed by atoms with Crippen molar-refractivity contribution in [2.24, 2.45) is 17.8 Å². The fraction of sp³-hybridized carbons (Fsp3) is 0.742. The van der Waals surface area contributed by atoms with Crippen LogP contribution in [0, 0.1) is 30.1 Å². The number of carbonyl (C=O) groups is 1. The number of benzene rings is 1. The number of likely N-dealkylation sites (N-methyl/N-ethyl adjacent to an activating group) is 1. The van der Waals surface area contributed by atoms with Crippen molar-refractivity contribution in [3.8, 4) is 5.75 Å². The van der Waals surface area contributed by atoms with E-state index in [1.807, 2.05) is 46.9 Å². The maximum atomic E-state index is 10.5. The Morgan fingerprint density at radius 1 is 1.05 bits per heavy atom. The van der Waals surface area contributed by atoms with E-state index in [0.717, 1.165) is 56.3 Å². The molecular formula is C31H62N4O2. The Balaban J connectivity index is -0.000000642. The molecule has 0 radical (unpaired) electrons. The number of phenols is 1. The molecule has 1 aromatic carbocycles. The van der Waals surface area contributed by atoms with Gasteiger partial charge in [-0.25, -0.2) is 0 Å². The summed E-state index contributed by atoms with van der Waals surface area (Å²) in [4.78, 5) is 10.5. The Bertz CT molecular complexity index is 665. The number of aryl methyl sites for hydroxylation is 1. The maximum Gasteiger partial charge on any atom is 0.139 e. The molecule has 6 nitrogen and oxygen atoms in total. The van der Waals surface area contributed by atoms with Crippen LogP contribution in [0.3, 0.4) is 0 Å². The average Bonchev–Trinajstić information content (AvgIpc) is 2.85. The van der Waals surface area contributed by atoms with Crippen molar-refractivity contribution in [3.63, 3.8) is 0 Å². The Hall–Kier alpha value is -1.76. The quantitative estimate of drug-likeness (QED) is 0.0999. The summed E-state index contributed by atoms with van der Waals surface area (Å²) in [5.41, 5.74) is 2.09. The predicted molar refractivity (Wildman–Crippen MR) is 164 cm³/mol. The van der Waals surface area contributed by atoms with Gasteiger partial charge in [-0.3, -0.25) is 0 Å². The van der Waals surface area contributed by atoms with Crippen molar-refractivity contribution in [1.29, 1.82) is 5.41 Å². The standard InChI is InChI=1S/C19H34N2O.C8H17NO.C2H5N.C2H6/c1-5-17(8-10-20-13-15(2)3)9-11-21-14-18-6-7-19(22)12-16(18)4;1-7(2)5-8(3,6-10)9-4;1-2-3;1-2/h6-7,12,15,17,20-22H,5,8-11,13-14H2,1-4H3;6-7,9H,5H2,1-4H3;2-3H,1H3;1-2H3. The van der Waals surface area contributed by atoms with Crippen LogP contribution in [0.2, 0.25) is 0 Å². The van der Waals surface area contributed by atoms with Crippen LogP contribution in [-0.4, -0.2) is 49.8 Å². The van der Waals surface area contributed by atoms with Crippen molar-refractivity contribution in [2.75, 3.05) is 26.7 Å². The Morgan fingerprint density at radius 2 is 1.59 bits per heavy atom. The number of aldehydes is 1. The lowest BCUT2D eigenvalue weighted by atomic mass is 9.93. The minimum absolute atomic E-state index is 0.325. The highest BCUT2D eigenvalue weighted by Crippen LogP contribution is 2.16. The van der Waals surface area contributed by atoms with Gasteiger partial charge in [0.05, 0.1) is 5.54 Å². The lowest BCUT2D eigenvalue weighted by Crippen LogP contribution is -2.42. The third-order valence-electron chi connectivity index (χ3n) is 5.89. The number of carbonyl (C=O) groups excluding carboxylic acids is 1. The van der Waals surface area contributed by atoms with E-state index in [4.69, 9.17) is 5.41 Å². The van der Waals surface area contributed by atoms with Crippen molar-refractivity contribution in [2.45, 2.75) is 107 Å². The molecule has 2 atom stereocenters. The minimum Gasteiger partial charge on any atom is -0.508 e. The van der Waals surface area contributed by atoms with Crippen molar-refractivity contribution in [1.82, 2.24) is 16.0 Å². The van der Waals surface area contributed by atoms with Crippen molar-refractivity contribution >= 4 is 12.5 Å². The molecule has 0 aromatic heterocycles. The van der Waals surface area contributed by atoms with E-state index in [0.29, 0.717) is 11.7 Å². The van der Waals surface area contributed by atoms with Crippen LogP contribution in [0.15, 0.2) is 18.2 Å². The van der Waals surface area contributed by atoms with E-state index in [-0.39, 0.29) is 5.54 Å². The molecule has 0 saturated heterocycles. The molecule has 37 heavy (non-hydrogen) atoms. The second-order valence-electron chi connectivity index (χ2n) is 10.4. The number of aromatic hydroxyl groups is 1. The number of rotatable bonds is 15. The summed E-state index contributed by atoms with van der Waals surface area (Å²) in [6.07, 6.45) is 6.88. The van der Waals surface area contributed by atoms with Crippen molar-refractivity contribution < 1.29 is 9.90 Å². The Kier molecular flexibility index (Phi) is 27.8. The number of hydrogen-bond acceptors (Lipinski definition) is 6. The van der Waals surface area contributed by atoms with Gasteiger partial charge in [-0.1, -0.05) is 61.0 Å². The lowest BCUT2D eigenvalue weighted by molar-refractivity contribution is -0.113. The smallest absolute Gasteiger partial charge is 0.139 e. The molecule has 0 aliphatic rings. The number of nitrogens with one attached hydrogen (secondary N) is 4. The molecule has 0 spiro atoms. The molecule has 1 rings (SSSR count). The topological polar surface area (TPSA) is 97.2 Å². The zero-order chi connectivity index (χ0) is 29.3. The van der Waals surface area contributed by atoms with Gasteiger partial charge < -0.3 is 31.3 Å². The summed E-state index contributed by atoms with van der Waals surface area (Å²) in [5.74, 6) is 2.44. The molecule has 0 bridgehead atoms. The average molecular weight is 523 g/mol. The highest BCUT2D eigenvalue weighted by Gasteiger charge is 2.21. The first-order valence-corrected chi connectivity index (χ1v) is 14.3. The molecule has 0 aliphatic heterocycles. The second-order valence-corrected chi connectivity index (χ2v) is 10.4. The molecule has 0 aliphatic carbocycles. The Labute approximate surface area is 230 Å². The van der Waals surface area contributed by atoms with Crippen LogP contribution < -0.4 is 16.0 Å². The van der Waals surface area contributed by atoms with E-state index in [1.165, 1.54) is 31.0 Å². The normalized spacial score (nSPS) is 12.7. The third-order valence-corrected chi connectivity index (χ3v) is 5.89. The molecule has 0 amide bonds. The first-order valence-electron chi connectivity index (χ1n) is 14.3. The summed E-state index contributed by atoms with van der Waals surface area (Å²) in [5, 5.41) is 25.6. The van der Waals surface area contributed by atoms with Gasteiger partial charge in [-0.2, -0.15) is 0 Å². The molecule has 5 N–H and O–H groups in total. The van der Waals surface area contributed by atoms with E-state index in [2.05, 4.69) is 50.6 Å². The van der Waals surface area contributed by atoms with Crippen LogP contribution in [0.1, 0.15) is 99.1 Å². The minimum atomic E-state index is -0.325. The molecule has 218 valence electrons. The van der Waals surface area contributed by atoms with E-state index < -0.39 is 0 Å². The van der Waals surface area contributed by atoms with Crippen LogP contribution in [0.4, 0.5) is 0 Å². The van der Waals surface area contributed by atoms with Gasteiger partial charge in [0.25, 0.3) is 0 Å². The molecule has 2 unspecified atom stereocenters. The van der Waals surface area contributed by atoms with Gasteiger partial charge >= 0.3 is 0 Å². The zero-order valence-corrected chi connectivity index (χ0v) is 26.1. The monoisotopic (exact) mass is 522 g/mol. The SMILES string of the molecule is CC.CC=N.CCC(CCNCc1ccc(O)cc1C)CCNCC(C)C.CNC(C)(C=O)CC(C)C. The second kappa shape index (κ2) is 25.9.